The lowest BCUT2D eigenvalue weighted by molar-refractivity contribution is -0.145. The minimum absolute atomic E-state index is 0.0234. The van der Waals surface area contributed by atoms with Gasteiger partial charge in [-0.15, -0.1) is 0 Å². The minimum atomic E-state index is -0.400. The fourth-order valence-electron chi connectivity index (χ4n) is 2.58. The van der Waals surface area contributed by atoms with Gasteiger partial charge in [-0.1, -0.05) is 18.2 Å². The molecule has 0 aliphatic heterocycles. The second-order valence-corrected chi connectivity index (χ2v) is 6.04. The van der Waals surface area contributed by atoms with Crippen molar-refractivity contribution in [2.24, 2.45) is 0 Å². The summed E-state index contributed by atoms with van der Waals surface area (Å²) in [4.78, 5) is 24.2. The molecule has 1 heterocycles. The number of carbonyl (C=O) groups is 1. The maximum atomic E-state index is 13.0. The first-order valence-electron chi connectivity index (χ1n) is 8.84. The molecular weight excluding hydrogens is 377 g/mol. The number of rotatable bonds is 8. The summed E-state index contributed by atoms with van der Waals surface area (Å²) < 4.78 is 23.5. The molecule has 0 fully saturated rings. The fourth-order valence-corrected chi connectivity index (χ4v) is 2.58. The molecule has 0 aliphatic rings. The highest BCUT2D eigenvalue weighted by Crippen LogP contribution is 2.19. The van der Waals surface area contributed by atoms with E-state index in [0.717, 1.165) is 11.3 Å². The van der Waals surface area contributed by atoms with Gasteiger partial charge < -0.3 is 20.5 Å². The number of ether oxygens (including phenoxy) is 2. The number of aromatic nitrogens is 3. The average Bonchev–Trinajstić information content (AvgIpc) is 2.72. The number of carbonyl (C=O) groups excluding carboxylic acids is 1. The van der Waals surface area contributed by atoms with Crippen molar-refractivity contribution in [2.45, 2.75) is 19.4 Å². The highest BCUT2D eigenvalue weighted by Gasteiger charge is 2.10. The summed E-state index contributed by atoms with van der Waals surface area (Å²) in [6.07, 6.45) is 0.668. The van der Waals surface area contributed by atoms with E-state index in [-0.39, 0.29) is 36.6 Å². The van der Waals surface area contributed by atoms with Gasteiger partial charge in [-0.05, 0) is 42.3 Å². The summed E-state index contributed by atoms with van der Waals surface area (Å²) in [7, 11) is 1.58. The zero-order valence-electron chi connectivity index (χ0n) is 15.8. The maximum Gasteiger partial charge on any atom is 0.306 e. The number of benzene rings is 2. The van der Waals surface area contributed by atoms with Gasteiger partial charge in [0.25, 0.3) is 0 Å². The summed E-state index contributed by atoms with van der Waals surface area (Å²) in [5.41, 5.74) is 7.19. The fraction of sp³-hybridized carbons (Fsp3) is 0.200. The highest BCUT2D eigenvalue weighted by molar-refractivity contribution is 5.69. The Balaban J connectivity index is 1.56. The van der Waals surface area contributed by atoms with Crippen LogP contribution in [0, 0.1) is 5.82 Å². The van der Waals surface area contributed by atoms with Gasteiger partial charge in [0.1, 0.15) is 11.6 Å². The van der Waals surface area contributed by atoms with Crippen LogP contribution in [0.5, 0.6) is 5.75 Å². The Bertz CT molecular complexity index is 982. The lowest BCUT2D eigenvalue weighted by Gasteiger charge is -2.09. The summed E-state index contributed by atoms with van der Waals surface area (Å²) in [5, 5.41) is 2.90. The van der Waals surface area contributed by atoms with Crippen molar-refractivity contribution >= 4 is 23.6 Å². The van der Waals surface area contributed by atoms with Crippen LogP contribution in [0.3, 0.4) is 0 Å². The number of nitrogens with zero attached hydrogens (tertiary/aromatic N) is 3. The van der Waals surface area contributed by atoms with Crippen molar-refractivity contribution in [3.05, 3.63) is 65.7 Å². The molecule has 2 aromatic carbocycles. The third kappa shape index (κ3) is 5.86. The number of halogens is 1. The van der Waals surface area contributed by atoms with Crippen molar-refractivity contribution in [3.63, 3.8) is 0 Å². The molecule has 0 bridgehead atoms. The van der Waals surface area contributed by atoms with Crippen LogP contribution < -0.4 is 15.8 Å². The van der Waals surface area contributed by atoms with Gasteiger partial charge >= 0.3 is 5.97 Å². The Morgan fingerprint density at radius 1 is 1.10 bits per heavy atom. The molecule has 8 nitrogen and oxygen atoms in total. The van der Waals surface area contributed by atoms with E-state index in [1.807, 2.05) is 24.3 Å². The predicted molar refractivity (Wildman–Crippen MR) is 105 cm³/mol. The second-order valence-electron chi connectivity index (χ2n) is 6.04. The van der Waals surface area contributed by atoms with Crippen molar-refractivity contribution < 1.29 is 18.7 Å². The number of anilines is 3. The third-order valence-electron chi connectivity index (χ3n) is 3.95. The zero-order valence-corrected chi connectivity index (χ0v) is 15.8. The molecule has 3 N–H and O–H groups in total. The predicted octanol–water partition coefficient (Wildman–Crippen LogP) is 3.02. The van der Waals surface area contributed by atoms with Gasteiger partial charge in [0.15, 0.2) is 12.4 Å². The van der Waals surface area contributed by atoms with E-state index in [1.165, 1.54) is 24.3 Å². The first-order chi connectivity index (χ1) is 14.0. The Morgan fingerprint density at radius 3 is 2.62 bits per heavy atom. The van der Waals surface area contributed by atoms with Crippen LogP contribution >= 0.6 is 0 Å². The van der Waals surface area contributed by atoms with Crippen LogP contribution in [0.25, 0.3) is 0 Å². The standard InChI is InChI=1S/C20H20FN5O3/c1-28-16-5-3-2-4-13(16)6-11-18(27)29-12-17-24-19(22)26-20(25-17)23-15-9-7-14(21)8-10-15/h2-5,7-10H,6,11-12H2,1H3,(H3,22,23,24,25,26). The number of nitrogens with one attached hydrogen (secondary N) is 1. The number of esters is 1. The molecule has 29 heavy (non-hydrogen) atoms. The largest absolute Gasteiger partial charge is 0.496 e. The molecule has 150 valence electrons. The van der Waals surface area contributed by atoms with Crippen LogP contribution in [-0.4, -0.2) is 28.0 Å². The van der Waals surface area contributed by atoms with Crippen molar-refractivity contribution in [3.8, 4) is 5.75 Å². The van der Waals surface area contributed by atoms with Crippen molar-refractivity contribution in [1.29, 1.82) is 0 Å². The Labute approximate surface area is 166 Å². The zero-order chi connectivity index (χ0) is 20.6. The second kappa shape index (κ2) is 9.45. The van der Waals surface area contributed by atoms with E-state index in [4.69, 9.17) is 15.2 Å². The normalized spacial score (nSPS) is 10.4. The van der Waals surface area contributed by atoms with Gasteiger partial charge in [-0.2, -0.15) is 15.0 Å². The van der Waals surface area contributed by atoms with Crippen LogP contribution in [0.15, 0.2) is 48.5 Å². The SMILES string of the molecule is COc1ccccc1CCC(=O)OCc1nc(N)nc(Nc2ccc(F)cc2)n1. The molecule has 3 aromatic rings. The molecular formula is C20H20FN5O3. The van der Waals surface area contributed by atoms with E-state index in [9.17, 15) is 9.18 Å². The maximum absolute atomic E-state index is 13.0. The lowest BCUT2D eigenvalue weighted by atomic mass is 10.1. The van der Waals surface area contributed by atoms with Crippen molar-refractivity contribution in [1.82, 2.24) is 15.0 Å². The molecule has 0 saturated carbocycles. The molecule has 0 radical (unpaired) electrons. The summed E-state index contributed by atoms with van der Waals surface area (Å²) in [5.74, 6) is 0.318. The molecule has 0 amide bonds. The van der Waals surface area contributed by atoms with Gasteiger partial charge in [0.05, 0.1) is 7.11 Å². The Morgan fingerprint density at radius 2 is 1.86 bits per heavy atom. The van der Waals surface area contributed by atoms with Crippen LogP contribution in [0.2, 0.25) is 0 Å². The molecule has 1 aromatic heterocycles. The highest BCUT2D eigenvalue weighted by atomic mass is 19.1. The first-order valence-corrected chi connectivity index (χ1v) is 8.84. The molecule has 0 atom stereocenters. The number of para-hydroxylation sites is 1. The van der Waals surface area contributed by atoms with Gasteiger partial charge in [-0.25, -0.2) is 4.39 Å². The number of nitrogen functional groups attached to an aromatic ring is 1. The molecule has 9 heteroatoms. The lowest BCUT2D eigenvalue weighted by Crippen LogP contribution is -2.11. The molecule has 0 unspecified atom stereocenters. The van der Waals surface area contributed by atoms with E-state index >= 15 is 0 Å². The summed E-state index contributed by atoms with van der Waals surface area (Å²) in [6.45, 7) is -0.143. The van der Waals surface area contributed by atoms with Gasteiger partial charge in [0, 0.05) is 12.1 Å². The minimum Gasteiger partial charge on any atom is -0.496 e. The van der Waals surface area contributed by atoms with Crippen LogP contribution in [0.1, 0.15) is 17.8 Å². The van der Waals surface area contributed by atoms with Crippen LogP contribution in [-0.2, 0) is 22.6 Å². The van der Waals surface area contributed by atoms with Crippen molar-refractivity contribution in [2.75, 3.05) is 18.2 Å². The number of nitrogens with two attached hydrogens (primary N) is 1. The smallest absolute Gasteiger partial charge is 0.306 e. The quantitative estimate of drug-likeness (QED) is 0.558. The Kier molecular flexibility index (Phi) is 6.51. The number of methoxy groups -OCH3 is 1. The summed E-state index contributed by atoms with van der Waals surface area (Å²) >= 11 is 0. The number of hydrogen-bond donors (Lipinski definition) is 2. The molecule has 3 rings (SSSR count). The average molecular weight is 397 g/mol. The molecule has 0 spiro atoms. The van der Waals surface area contributed by atoms with Crippen LogP contribution in [0.4, 0.5) is 22.0 Å². The van der Waals surface area contributed by atoms with E-state index in [1.54, 1.807) is 7.11 Å². The molecule has 0 aliphatic carbocycles. The third-order valence-corrected chi connectivity index (χ3v) is 3.95. The van der Waals surface area contributed by atoms with E-state index < -0.39 is 5.97 Å². The monoisotopic (exact) mass is 397 g/mol. The number of aryl methyl sites for hydroxylation is 1. The number of hydrogen-bond acceptors (Lipinski definition) is 8. The summed E-state index contributed by atoms with van der Waals surface area (Å²) in [6, 6.07) is 13.2. The molecule has 0 saturated heterocycles. The topological polar surface area (TPSA) is 112 Å². The van der Waals surface area contributed by atoms with E-state index in [0.29, 0.717) is 12.1 Å². The van der Waals surface area contributed by atoms with E-state index in [2.05, 4.69) is 20.3 Å². The van der Waals surface area contributed by atoms with Gasteiger partial charge in [-0.3, -0.25) is 4.79 Å². The van der Waals surface area contributed by atoms with Gasteiger partial charge in [0.2, 0.25) is 11.9 Å². The Hall–Kier alpha value is -3.75. The first kappa shape index (κ1) is 20.0.